The predicted molar refractivity (Wildman–Crippen MR) is 90.9 cm³/mol. The highest BCUT2D eigenvalue weighted by molar-refractivity contribution is 5.94. The van der Waals surface area contributed by atoms with E-state index in [1.54, 1.807) is 18.7 Å². The van der Waals surface area contributed by atoms with Gasteiger partial charge in [-0.15, -0.1) is 0 Å². The number of nitrogens with one attached hydrogen (secondary N) is 3. The summed E-state index contributed by atoms with van der Waals surface area (Å²) in [7, 11) is 0. The molecule has 1 aliphatic heterocycles. The number of aryl methyl sites for hydroxylation is 1. The van der Waals surface area contributed by atoms with Crippen LogP contribution in [-0.4, -0.2) is 26.5 Å². The van der Waals surface area contributed by atoms with Crippen LogP contribution in [0, 0.1) is 6.92 Å². The van der Waals surface area contributed by atoms with Gasteiger partial charge in [-0.2, -0.15) is 0 Å². The number of hydrazine groups is 1. The molecule has 3 aromatic rings. The normalized spacial score (nSPS) is 19.9. The fourth-order valence-electron chi connectivity index (χ4n) is 2.86. The lowest BCUT2D eigenvalue weighted by Gasteiger charge is -2.11. The number of aromatic nitrogens is 3. The zero-order chi connectivity index (χ0) is 17.2. The van der Waals surface area contributed by atoms with E-state index in [-0.39, 0.29) is 18.0 Å². The second-order valence-corrected chi connectivity index (χ2v) is 5.88. The average Bonchev–Trinajstić information content (AvgIpc) is 3.36. The largest absolute Gasteiger partial charge is 0.468 e. The van der Waals surface area contributed by atoms with E-state index in [1.165, 1.54) is 0 Å². The van der Waals surface area contributed by atoms with Crippen LogP contribution in [0.3, 0.4) is 0 Å². The summed E-state index contributed by atoms with van der Waals surface area (Å²) < 4.78 is 7.25. The molecule has 0 aromatic carbocycles. The van der Waals surface area contributed by atoms with Crippen LogP contribution in [0.2, 0.25) is 0 Å². The van der Waals surface area contributed by atoms with Crippen molar-refractivity contribution in [2.24, 2.45) is 0 Å². The van der Waals surface area contributed by atoms with E-state index in [4.69, 9.17) is 4.42 Å². The Morgan fingerprint density at radius 1 is 1.32 bits per heavy atom. The SMILES string of the molecule is Cc1nccn1-c1ccc(NC(=O)C2CC(c3ccco3)NN2)cn1. The molecule has 1 aliphatic rings. The van der Waals surface area contributed by atoms with E-state index < -0.39 is 0 Å². The van der Waals surface area contributed by atoms with Crippen molar-refractivity contribution < 1.29 is 9.21 Å². The molecule has 1 fully saturated rings. The van der Waals surface area contributed by atoms with Gasteiger partial charge in [0.1, 0.15) is 23.4 Å². The molecule has 0 bridgehead atoms. The van der Waals surface area contributed by atoms with Crippen LogP contribution in [0.15, 0.2) is 53.5 Å². The Morgan fingerprint density at radius 2 is 2.24 bits per heavy atom. The number of imidazole rings is 1. The van der Waals surface area contributed by atoms with Crippen molar-refractivity contribution in [1.29, 1.82) is 0 Å². The third-order valence-electron chi connectivity index (χ3n) is 4.19. The Kier molecular flexibility index (Phi) is 4.04. The lowest BCUT2D eigenvalue weighted by molar-refractivity contribution is -0.117. The first-order valence-electron chi connectivity index (χ1n) is 8.02. The van der Waals surface area contributed by atoms with E-state index in [0.717, 1.165) is 17.4 Å². The number of hydrogen-bond acceptors (Lipinski definition) is 6. The van der Waals surface area contributed by atoms with Gasteiger partial charge < -0.3 is 9.73 Å². The Balaban J connectivity index is 1.39. The first kappa shape index (κ1) is 15.6. The number of hydrogen-bond donors (Lipinski definition) is 3. The molecule has 0 spiro atoms. The molecule has 4 heterocycles. The molecule has 0 radical (unpaired) electrons. The third kappa shape index (κ3) is 3.17. The zero-order valence-corrected chi connectivity index (χ0v) is 13.6. The smallest absolute Gasteiger partial charge is 0.242 e. The Labute approximate surface area is 144 Å². The highest BCUT2D eigenvalue weighted by atomic mass is 16.3. The molecule has 4 rings (SSSR count). The van der Waals surface area contributed by atoms with Crippen LogP contribution in [0.5, 0.6) is 0 Å². The molecular formula is C17H18N6O2. The van der Waals surface area contributed by atoms with Gasteiger partial charge in [0.2, 0.25) is 5.91 Å². The van der Waals surface area contributed by atoms with Crippen molar-refractivity contribution in [2.75, 3.05) is 5.32 Å². The third-order valence-corrected chi connectivity index (χ3v) is 4.19. The van der Waals surface area contributed by atoms with Crippen LogP contribution in [0.25, 0.3) is 5.82 Å². The van der Waals surface area contributed by atoms with E-state index >= 15 is 0 Å². The van der Waals surface area contributed by atoms with Crippen LogP contribution in [0.1, 0.15) is 24.0 Å². The topological polar surface area (TPSA) is 97.0 Å². The lowest BCUT2D eigenvalue weighted by Crippen LogP contribution is -2.39. The highest BCUT2D eigenvalue weighted by Crippen LogP contribution is 2.23. The first-order chi connectivity index (χ1) is 12.2. The Morgan fingerprint density at radius 3 is 2.92 bits per heavy atom. The van der Waals surface area contributed by atoms with Crippen LogP contribution < -0.4 is 16.2 Å². The summed E-state index contributed by atoms with van der Waals surface area (Å²) in [4.78, 5) is 21.0. The van der Waals surface area contributed by atoms with Crippen molar-refractivity contribution in [3.8, 4) is 5.82 Å². The van der Waals surface area contributed by atoms with Gasteiger partial charge in [-0.25, -0.2) is 20.8 Å². The fourth-order valence-corrected chi connectivity index (χ4v) is 2.86. The minimum Gasteiger partial charge on any atom is -0.468 e. The molecule has 1 saturated heterocycles. The number of carbonyl (C=O) groups is 1. The van der Waals surface area contributed by atoms with Crippen molar-refractivity contribution in [2.45, 2.75) is 25.4 Å². The monoisotopic (exact) mass is 338 g/mol. The van der Waals surface area contributed by atoms with E-state index in [9.17, 15) is 4.79 Å². The number of carbonyl (C=O) groups excluding carboxylic acids is 1. The van der Waals surface area contributed by atoms with Gasteiger partial charge >= 0.3 is 0 Å². The lowest BCUT2D eigenvalue weighted by atomic mass is 10.1. The average molecular weight is 338 g/mol. The van der Waals surface area contributed by atoms with E-state index in [2.05, 4.69) is 26.1 Å². The van der Waals surface area contributed by atoms with Crippen LogP contribution >= 0.6 is 0 Å². The maximum absolute atomic E-state index is 12.4. The molecular weight excluding hydrogens is 320 g/mol. The second-order valence-electron chi connectivity index (χ2n) is 5.88. The second kappa shape index (κ2) is 6.50. The van der Waals surface area contributed by atoms with Crippen LogP contribution in [0.4, 0.5) is 5.69 Å². The molecule has 3 N–H and O–H groups in total. The van der Waals surface area contributed by atoms with Gasteiger partial charge in [0.25, 0.3) is 0 Å². The van der Waals surface area contributed by atoms with Crippen molar-refractivity contribution in [3.63, 3.8) is 0 Å². The maximum Gasteiger partial charge on any atom is 0.242 e. The Bertz CT molecular complexity index is 856. The number of nitrogens with zero attached hydrogens (tertiary/aromatic N) is 3. The van der Waals surface area contributed by atoms with Crippen molar-refractivity contribution >= 4 is 11.6 Å². The molecule has 0 aliphatic carbocycles. The fraction of sp³-hybridized carbons (Fsp3) is 0.235. The quantitative estimate of drug-likeness (QED) is 0.670. The van der Waals surface area contributed by atoms with Gasteiger partial charge in [0, 0.05) is 12.4 Å². The summed E-state index contributed by atoms with van der Waals surface area (Å²) in [5, 5.41) is 2.88. The number of furan rings is 1. The minimum atomic E-state index is -0.342. The molecule has 3 aromatic heterocycles. The van der Waals surface area contributed by atoms with E-state index in [1.807, 2.05) is 42.0 Å². The van der Waals surface area contributed by atoms with Gasteiger partial charge in [-0.05, 0) is 37.6 Å². The van der Waals surface area contributed by atoms with Crippen molar-refractivity contribution in [1.82, 2.24) is 25.4 Å². The summed E-state index contributed by atoms with van der Waals surface area (Å²) in [6, 6.07) is 7.03. The standard InChI is InChI=1S/C17H18N6O2/c1-11-18-6-7-23(11)16-5-4-12(10-19-16)20-17(24)14-9-13(21-22-14)15-3-2-8-25-15/h2-8,10,13-14,21-22H,9H2,1H3,(H,20,24). The highest BCUT2D eigenvalue weighted by Gasteiger charge is 2.31. The molecule has 0 saturated carbocycles. The van der Waals surface area contributed by atoms with Crippen LogP contribution in [-0.2, 0) is 4.79 Å². The number of rotatable bonds is 4. The molecule has 25 heavy (non-hydrogen) atoms. The first-order valence-corrected chi connectivity index (χ1v) is 8.02. The number of anilines is 1. The molecule has 2 atom stereocenters. The van der Waals surface area contributed by atoms with Gasteiger partial charge in [0.05, 0.1) is 24.2 Å². The summed E-state index contributed by atoms with van der Waals surface area (Å²) in [5.74, 6) is 2.31. The number of amides is 1. The Hall–Kier alpha value is -2.97. The summed E-state index contributed by atoms with van der Waals surface area (Å²) >= 11 is 0. The van der Waals surface area contributed by atoms with Crippen molar-refractivity contribution in [3.05, 3.63) is 60.7 Å². The molecule has 8 nitrogen and oxygen atoms in total. The summed E-state index contributed by atoms with van der Waals surface area (Å²) in [5.41, 5.74) is 6.73. The molecule has 1 amide bonds. The molecule has 128 valence electrons. The summed E-state index contributed by atoms with van der Waals surface area (Å²) in [6.07, 6.45) is 7.44. The summed E-state index contributed by atoms with van der Waals surface area (Å²) in [6.45, 7) is 1.91. The molecule has 8 heteroatoms. The molecule has 2 unspecified atom stereocenters. The van der Waals surface area contributed by atoms with Gasteiger partial charge in [-0.1, -0.05) is 0 Å². The zero-order valence-electron chi connectivity index (χ0n) is 13.6. The van der Waals surface area contributed by atoms with Gasteiger partial charge in [0.15, 0.2) is 0 Å². The minimum absolute atomic E-state index is 0.0181. The number of pyridine rings is 1. The maximum atomic E-state index is 12.4. The van der Waals surface area contributed by atoms with Gasteiger partial charge in [-0.3, -0.25) is 9.36 Å². The van der Waals surface area contributed by atoms with E-state index in [0.29, 0.717) is 12.1 Å². The predicted octanol–water partition coefficient (Wildman–Crippen LogP) is 1.72.